The first-order valence-electron chi connectivity index (χ1n) is 10.3. The molecule has 1 aromatic carbocycles. The van der Waals surface area contributed by atoms with Gasteiger partial charge in [-0.15, -0.1) is 5.10 Å². The number of nitrogens with zero attached hydrogens (tertiary/aromatic N) is 6. The van der Waals surface area contributed by atoms with Crippen LogP contribution in [0.3, 0.4) is 0 Å². The molecule has 0 unspecified atom stereocenters. The number of H-pyrrole nitrogens is 1. The van der Waals surface area contributed by atoms with Gasteiger partial charge in [0.15, 0.2) is 0 Å². The summed E-state index contributed by atoms with van der Waals surface area (Å²) < 4.78 is 16.3. The lowest BCUT2D eigenvalue weighted by Gasteiger charge is -2.31. The molecule has 0 aliphatic carbocycles. The first-order chi connectivity index (χ1) is 15.3. The summed E-state index contributed by atoms with van der Waals surface area (Å²) in [5.41, 5.74) is 0.823. The average molecular weight is 437 g/mol. The number of halogens is 1. The van der Waals surface area contributed by atoms with Crippen LogP contribution in [0.15, 0.2) is 33.9 Å². The first kappa shape index (κ1) is 20.0. The Morgan fingerprint density at radius 2 is 1.88 bits per heavy atom. The fourth-order valence-electron chi connectivity index (χ4n) is 4.26. The van der Waals surface area contributed by atoms with Gasteiger partial charge in [-0.05, 0) is 51.0 Å². The minimum absolute atomic E-state index is 0.0563. The topological polar surface area (TPSA) is 118 Å². The highest BCUT2D eigenvalue weighted by atomic mass is 19.1. The first-order valence-corrected chi connectivity index (χ1v) is 10.3. The molecule has 0 saturated carbocycles. The molecule has 1 fully saturated rings. The quantitative estimate of drug-likeness (QED) is 0.506. The van der Waals surface area contributed by atoms with Crippen molar-refractivity contribution < 1.29 is 9.18 Å². The third kappa shape index (κ3) is 3.26. The van der Waals surface area contributed by atoms with Crippen LogP contribution in [-0.4, -0.2) is 53.0 Å². The van der Waals surface area contributed by atoms with Gasteiger partial charge in [0, 0.05) is 30.5 Å². The molecule has 164 valence electrons. The molecular weight excluding hydrogens is 417 g/mol. The summed E-state index contributed by atoms with van der Waals surface area (Å²) in [4.78, 5) is 51.1. The molecule has 5 rings (SSSR count). The molecule has 11 heteroatoms. The molecule has 1 aliphatic rings. The van der Waals surface area contributed by atoms with Crippen molar-refractivity contribution in [3.05, 3.63) is 68.1 Å². The van der Waals surface area contributed by atoms with E-state index >= 15 is 0 Å². The van der Waals surface area contributed by atoms with Crippen molar-refractivity contribution in [3.8, 4) is 0 Å². The summed E-state index contributed by atoms with van der Waals surface area (Å²) in [5.74, 6) is -0.454. The van der Waals surface area contributed by atoms with Gasteiger partial charge in [-0.1, -0.05) is 0 Å². The van der Waals surface area contributed by atoms with Crippen molar-refractivity contribution in [1.82, 2.24) is 34.0 Å². The second kappa shape index (κ2) is 7.36. The number of carbonyl (C=O) groups is 1. The average Bonchev–Trinajstić information content (AvgIpc) is 3.19. The van der Waals surface area contributed by atoms with Crippen molar-refractivity contribution >= 4 is 22.6 Å². The van der Waals surface area contributed by atoms with E-state index in [1.165, 1.54) is 16.6 Å². The van der Waals surface area contributed by atoms with E-state index in [-0.39, 0.29) is 17.1 Å². The number of aryl methyl sites for hydroxylation is 2. The van der Waals surface area contributed by atoms with E-state index < -0.39 is 23.1 Å². The summed E-state index contributed by atoms with van der Waals surface area (Å²) in [7, 11) is 0. The number of aromatic nitrogens is 6. The van der Waals surface area contributed by atoms with Crippen molar-refractivity contribution in [2.75, 3.05) is 13.1 Å². The third-order valence-electron chi connectivity index (χ3n) is 5.82. The number of hydrogen-bond acceptors (Lipinski definition) is 6. The Morgan fingerprint density at radius 1 is 1.12 bits per heavy atom. The van der Waals surface area contributed by atoms with Gasteiger partial charge in [0.1, 0.15) is 5.82 Å². The Morgan fingerprint density at radius 3 is 2.62 bits per heavy atom. The number of fused-ring (bicyclic) bond motifs is 2. The smallest absolute Gasteiger partial charge is 0.329 e. The largest absolute Gasteiger partial charge is 0.336 e. The van der Waals surface area contributed by atoms with Crippen LogP contribution in [0.25, 0.3) is 16.7 Å². The molecule has 0 radical (unpaired) electrons. The maximum atomic E-state index is 13.6. The highest BCUT2D eigenvalue weighted by Crippen LogP contribution is 2.22. The molecule has 4 aromatic rings. The Hall–Kier alpha value is -3.89. The van der Waals surface area contributed by atoms with Crippen LogP contribution < -0.4 is 11.2 Å². The van der Waals surface area contributed by atoms with Crippen LogP contribution in [-0.2, 0) is 0 Å². The zero-order valence-electron chi connectivity index (χ0n) is 17.5. The van der Waals surface area contributed by atoms with E-state index in [2.05, 4.69) is 20.1 Å². The van der Waals surface area contributed by atoms with Gasteiger partial charge >= 0.3 is 5.69 Å². The highest BCUT2D eigenvalue weighted by molar-refractivity contribution is 5.91. The Bertz CT molecular complexity index is 1500. The lowest BCUT2D eigenvalue weighted by Crippen LogP contribution is -2.45. The van der Waals surface area contributed by atoms with E-state index in [4.69, 9.17) is 0 Å². The number of aromatic amines is 1. The summed E-state index contributed by atoms with van der Waals surface area (Å²) >= 11 is 0. The SMILES string of the molecule is Cc1cc(C)n2nc(C(=O)N3CCC(n4c(=O)[nH]c5ccc(F)cc5c4=O)CC3)nc2n1. The Kier molecular flexibility index (Phi) is 4.61. The number of piperidine rings is 1. The molecule has 4 heterocycles. The maximum Gasteiger partial charge on any atom is 0.329 e. The normalized spacial score (nSPS) is 15.0. The predicted molar refractivity (Wildman–Crippen MR) is 113 cm³/mol. The zero-order valence-corrected chi connectivity index (χ0v) is 17.5. The van der Waals surface area contributed by atoms with Crippen LogP contribution in [0, 0.1) is 19.7 Å². The summed E-state index contributed by atoms with van der Waals surface area (Å²) in [5, 5.41) is 4.40. The lowest BCUT2D eigenvalue weighted by atomic mass is 10.0. The molecule has 0 atom stereocenters. The Balaban J connectivity index is 1.39. The number of rotatable bonds is 2. The molecule has 10 nitrogen and oxygen atoms in total. The molecular formula is C21H20FN7O3. The van der Waals surface area contributed by atoms with Crippen LogP contribution in [0.4, 0.5) is 4.39 Å². The number of nitrogens with one attached hydrogen (secondary N) is 1. The predicted octanol–water partition coefficient (Wildman–Crippen LogP) is 1.36. The molecule has 0 bridgehead atoms. The monoisotopic (exact) mass is 437 g/mol. The van der Waals surface area contributed by atoms with Gasteiger partial charge in [0.2, 0.25) is 5.82 Å². The standard InChI is InChI=1S/C21H20FN7O3/c1-11-9-12(2)29-20(23-11)25-17(26-29)19(31)27-7-5-14(6-8-27)28-18(30)15-10-13(22)3-4-16(15)24-21(28)32/h3-4,9-10,14H,5-8H2,1-2H3,(H,24,32). The number of carbonyl (C=O) groups excluding carboxylic acids is 1. The molecule has 32 heavy (non-hydrogen) atoms. The molecule has 1 aliphatic heterocycles. The van der Waals surface area contributed by atoms with Crippen molar-refractivity contribution in [2.45, 2.75) is 32.7 Å². The minimum Gasteiger partial charge on any atom is -0.336 e. The summed E-state index contributed by atoms with van der Waals surface area (Å²) in [6.45, 7) is 4.37. The molecule has 1 saturated heterocycles. The molecule has 3 aromatic heterocycles. The van der Waals surface area contributed by atoms with Crippen LogP contribution in [0.1, 0.15) is 40.9 Å². The molecule has 1 N–H and O–H groups in total. The van der Waals surface area contributed by atoms with Gasteiger partial charge in [-0.3, -0.25) is 14.2 Å². The minimum atomic E-state index is -0.548. The lowest BCUT2D eigenvalue weighted by molar-refractivity contribution is 0.0680. The van der Waals surface area contributed by atoms with E-state index in [1.807, 2.05) is 19.9 Å². The van der Waals surface area contributed by atoms with Crippen molar-refractivity contribution in [2.24, 2.45) is 0 Å². The summed E-state index contributed by atoms with van der Waals surface area (Å²) in [6.07, 6.45) is 0.804. The number of hydrogen-bond donors (Lipinski definition) is 1. The van der Waals surface area contributed by atoms with Crippen molar-refractivity contribution in [1.29, 1.82) is 0 Å². The maximum absolute atomic E-state index is 13.6. The summed E-state index contributed by atoms with van der Waals surface area (Å²) in [6, 6.07) is 5.14. The fourth-order valence-corrected chi connectivity index (χ4v) is 4.26. The van der Waals surface area contributed by atoms with Gasteiger partial charge in [-0.25, -0.2) is 18.7 Å². The fraction of sp³-hybridized carbons (Fsp3) is 0.333. The van der Waals surface area contributed by atoms with Crippen LogP contribution >= 0.6 is 0 Å². The van der Waals surface area contributed by atoms with Gasteiger partial charge < -0.3 is 9.88 Å². The van der Waals surface area contributed by atoms with Gasteiger partial charge in [-0.2, -0.15) is 4.98 Å². The number of likely N-dealkylation sites (tertiary alicyclic amines) is 1. The molecule has 0 spiro atoms. The highest BCUT2D eigenvalue weighted by Gasteiger charge is 2.29. The van der Waals surface area contributed by atoms with Crippen molar-refractivity contribution in [3.63, 3.8) is 0 Å². The van der Waals surface area contributed by atoms with E-state index in [0.29, 0.717) is 37.2 Å². The zero-order chi connectivity index (χ0) is 22.6. The number of benzene rings is 1. The third-order valence-corrected chi connectivity index (χ3v) is 5.82. The second-order valence-corrected chi connectivity index (χ2v) is 8.00. The van der Waals surface area contributed by atoms with E-state index in [0.717, 1.165) is 22.0 Å². The second-order valence-electron chi connectivity index (χ2n) is 8.00. The van der Waals surface area contributed by atoms with Gasteiger partial charge in [0.25, 0.3) is 17.2 Å². The number of amides is 1. The van der Waals surface area contributed by atoms with Crippen LogP contribution in [0.5, 0.6) is 0 Å². The van der Waals surface area contributed by atoms with Crippen LogP contribution in [0.2, 0.25) is 0 Å². The van der Waals surface area contributed by atoms with E-state index in [1.54, 1.807) is 4.90 Å². The van der Waals surface area contributed by atoms with E-state index in [9.17, 15) is 18.8 Å². The Labute approximate surface area is 180 Å². The molecule has 1 amide bonds. The van der Waals surface area contributed by atoms with Gasteiger partial charge in [0.05, 0.1) is 10.9 Å².